The minimum Gasteiger partial charge on any atom is -0.348 e. The summed E-state index contributed by atoms with van der Waals surface area (Å²) in [4.78, 5) is 32.2. The van der Waals surface area contributed by atoms with Crippen molar-refractivity contribution in [2.24, 2.45) is 5.92 Å². The third-order valence-corrected chi connectivity index (χ3v) is 6.74. The highest BCUT2D eigenvalue weighted by molar-refractivity contribution is 7.12. The van der Waals surface area contributed by atoms with E-state index in [4.69, 9.17) is 4.52 Å². The van der Waals surface area contributed by atoms with Gasteiger partial charge in [-0.3, -0.25) is 9.59 Å². The topological polar surface area (TPSA) is 97.1 Å². The standard InChI is InChI=1S/C25H24N4O3S/c1-13-9-19(15(3)33-13)21-11-20(22-14(2)29-32-25(22)28-21)24(31)26-12-16-5-4-6-18(10-16)27-23(30)17-7-8-17/h4-6,9-11,17H,7-8,12H2,1-3H3,(H,26,31)(H,27,30). The van der Waals surface area contributed by atoms with E-state index in [1.807, 2.05) is 44.2 Å². The van der Waals surface area contributed by atoms with Crippen LogP contribution < -0.4 is 10.6 Å². The second-order valence-corrected chi connectivity index (χ2v) is 9.94. The maximum absolute atomic E-state index is 13.2. The molecule has 1 fully saturated rings. The molecule has 1 saturated carbocycles. The van der Waals surface area contributed by atoms with Gasteiger partial charge in [-0.2, -0.15) is 0 Å². The Labute approximate surface area is 195 Å². The van der Waals surface area contributed by atoms with Gasteiger partial charge < -0.3 is 15.2 Å². The van der Waals surface area contributed by atoms with Crippen molar-refractivity contribution in [2.75, 3.05) is 5.32 Å². The summed E-state index contributed by atoms with van der Waals surface area (Å²) in [5, 5.41) is 10.6. The number of nitrogens with one attached hydrogen (secondary N) is 2. The molecule has 0 radical (unpaired) electrons. The van der Waals surface area contributed by atoms with Crippen LogP contribution in [0.3, 0.4) is 0 Å². The van der Waals surface area contributed by atoms with Crippen molar-refractivity contribution in [1.29, 1.82) is 0 Å². The van der Waals surface area contributed by atoms with Crippen LogP contribution in [0.4, 0.5) is 5.69 Å². The van der Waals surface area contributed by atoms with Gasteiger partial charge in [-0.25, -0.2) is 4.98 Å². The zero-order chi connectivity index (χ0) is 23.1. The van der Waals surface area contributed by atoms with Crippen molar-refractivity contribution in [2.45, 2.75) is 40.2 Å². The second-order valence-electron chi connectivity index (χ2n) is 8.48. The Balaban J connectivity index is 1.40. The van der Waals surface area contributed by atoms with E-state index >= 15 is 0 Å². The Hall–Kier alpha value is -3.52. The summed E-state index contributed by atoms with van der Waals surface area (Å²) < 4.78 is 5.41. The van der Waals surface area contributed by atoms with Gasteiger partial charge in [-0.05, 0) is 63.4 Å². The Morgan fingerprint density at radius 2 is 1.97 bits per heavy atom. The van der Waals surface area contributed by atoms with Crippen LogP contribution >= 0.6 is 11.3 Å². The molecule has 0 bridgehead atoms. The number of carbonyl (C=O) groups is 2. The first-order valence-corrected chi connectivity index (χ1v) is 11.7. The van der Waals surface area contributed by atoms with E-state index < -0.39 is 0 Å². The van der Waals surface area contributed by atoms with Crippen molar-refractivity contribution in [3.05, 3.63) is 63.0 Å². The Kier molecular flexibility index (Phi) is 5.46. The van der Waals surface area contributed by atoms with Gasteiger partial charge in [0.05, 0.1) is 22.3 Å². The molecule has 5 rings (SSSR count). The molecule has 0 spiro atoms. The third-order valence-electron chi connectivity index (χ3n) is 5.77. The van der Waals surface area contributed by atoms with E-state index in [-0.39, 0.29) is 17.7 Å². The molecule has 1 aliphatic rings. The number of rotatable bonds is 6. The highest BCUT2D eigenvalue weighted by Gasteiger charge is 2.29. The highest BCUT2D eigenvalue weighted by Crippen LogP contribution is 2.33. The van der Waals surface area contributed by atoms with Gasteiger partial charge in [0.25, 0.3) is 11.6 Å². The van der Waals surface area contributed by atoms with E-state index in [1.165, 1.54) is 4.88 Å². The number of nitrogens with zero attached hydrogens (tertiary/aromatic N) is 2. The zero-order valence-corrected chi connectivity index (χ0v) is 19.5. The Bertz CT molecular complexity index is 1380. The molecule has 4 aromatic rings. The van der Waals surface area contributed by atoms with Crippen LogP contribution in [0, 0.1) is 26.7 Å². The second kappa shape index (κ2) is 8.44. The molecule has 1 aromatic carbocycles. The number of benzene rings is 1. The Morgan fingerprint density at radius 1 is 1.15 bits per heavy atom. The summed E-state index contributed by atoms with van der Waals surface area (Å²) in [6, 6.07) is 11.4. The van der Waals surface area contributed by atoms with E-state index in [0.717, 1.165) is 34.5 Å². The summed E-state index contributed by atoms with van der Waals surface area (Å²) in [7, 11) is 0. The fourth-order valence-electron chi connectivity index (χ4n) is 3.92. The molecule has 3 heterocycles. The number of aryl methyl sites for hydroxylation is 3. The fraction of sp³-hybridized carbons (Fsp3) is 0.280. The van der Waals surface area contributed by atoms with E-state index in [1.54, 1.807) is 18.3 Å². The molecule has 168 valence electrons. The first kappa shape index (κ1) is 21.3. The van der Waals surface area contributed by atoms with Gasteiger partial charge in [-0.15, -0.1) is 11.3 Å². The Morgan fingerprint density at radius 3 is 2.70 bits per heavy atom. The first-order valence-electron chi connectivity index (χ1n) is 10.9. The van der Waals surface area contributed by atoms with Crippen molar-refractivity contribution in [3.8, 4) is 11.3 Å². The molecule has 0 atom stereocenters. The van der Waals surface area contributed by atoms with E-state index in [9.17, 15) is 9.59 Å². The quantitative estimate of drug-likeness (QED) is 0.414. The van der Waals surface area contributed by atoms with Crippen molar-refractivity contribution in [3.63, 3.8) is 0 Å². The van der Waals surface area contributed by atoms with Crippen LogP contribution in [0.25, 0.3) is 22.4 Å². The molecule has 2 amide bonds. The minimum atomic E-state index is -0.230. The SMILES string of the molecule is Cc1cc(-c2cc(C(=O)NCc3cccc(NC(=O)C4CC4)c3)c3c(C)noc3n2)c(C)s1. The van der Waals surface area contributed by atoms with Gasteiger partial charge in [0.1, 0.15) is 0 Å². The van der Waals surface area contributed by atoms with E-state index in [0.29, 0.717) is 34.6 Å². The molecule has 2 N–H and O–H groups in total. The molecule has 3 aromatic heterocycles. The lowest BCUT2D eigenvalue weighted by atomic mass is 10.1. The van der Waals surface area contributed by atoms with Gasteiger partial charge in [0.2, 0.25) is 5.91 Å². The number of carbonyl (C=O) groups excluding carboxylic acids is 2. The molecule has 7 nitrogen and oxygen atoms in total. The molecule has 0 saturated heterocycles. The maximum Gasteiger partial charge on any atom is 0.259 e. The van der Waals surface area contributed by atoms with Crippen molar-refractivity contribution in [1.82, 2.24) is 15.5 Å². The molecule has 0 unspecified atom stereocenters. The lowest BCUT2D eigenvalue weighted by Crippen LogP contribution is -2.23. The summed E-state index contributed by atoms with van der Waals surface area (Å²) >= 11 is 1.69. The van der Waals surface area contributed by atoms with Gasteiger partial charge in [0.15, 0.2) is 0 Å². The normalized spacial score (nSPS) is 13.3. The molecular weight excluding hydrogens is 436 g/mol. The van der Waals surface area contributed by atoms with Crippen LogP contribution in [0.5, 0.6) is 0 Å². The summed E-state index contributed by atoms with van der Waals surface area (Å²) in [5.41, 5.74) is 4.77. The number of aromatic nitrogens is 2. The third kappa shape index (κ3) is 4.39. The number of anilines is 1. The van der Waals surface area contributed by atoms with Gasteiger partial charge in [-0.1, -0.05) is 17.3 Å². The fourth-order valence-corrected chi connectivity index (χ4v) is 4.86. The monoisotopic (exact) mass is 460 g/mol. The number of hydrogen-bond acceptors (Lipinski definition) is 6. The zero-order valence-electron chi connectivity index (χ0n) is 18.7. The summed E-state index contributed by atoms with van der Waals surface area (Å²) in [5.74, 6) is -0.0316. The van der Waals surface area contributed by atoms with Crippen LogP contribution in [0.1, 0.15) is 44.2 Å². The van der Waals surface area contributed by atoms with Crippen LogP contribution in [-0.2, 0) is 11.3 Å². The number of fused-ring (bicyclic) bond motifs is 1. The van der Waals surface area contributed by atoms with Gasteiger partial charge >= 0.3 is 0 Å². The predicted molar refractivity (Wildman–Crippen MR) is 128 cm³/mol. The molecule has 1 aliphatic carbocycles. The molecule has 0 aliphatic heterocycles. The lowest BCUT2D eigenvalue weighted by Gasteiger charge is -2.10. The average Bonchev–Trinajstić information content (AvgIpc) is 3.51. The average molecular weight is 461 g/mol. The highest BCUT2D eigenvalue weighted by atomic mass is 32.1. The van der Waals surface area contributed by atoms with Crippen LogP contribution in [-0.4, -0.2) is 22.0 Å². The largest absolute Gasteiger partial charge is 0.348 e. The van der Waals surface area contributed by atoms with E-state index in [2.05, 4.69) is 26.8 Å². The molecular formula is C25H24N4O3S. The number of hydrogen-bond donors (Lipinski definition) is 2. The van der Waals surface area contributed by atoms with Gasteiger partial charge in [0, 0.05) is 33.5 Å². The van der Waals surface area contributed by atoms with Crippen molar-refractivity contribution >= 4 is 39.9 Å². The number of amides is 2. The molecule has 33 heavy (non-hydrogen) atoms. The summed E-state index contributed by atoms with van der Waals surface area (Å²) in [6.45, 7) is 6.22. The summed E-state index contributed by atoms with van der Waals surface area (Å²) in [6.07, 6.45) is 1.91. The maximum atomic E-state index is 13.2. The first-order chi connectivity index (χ1) is 15.9. The lowest BCUT2D eigenvalue weighted by molar-refractivity contribution is -0.117. The van der Waals surface area contributed by atoms with Crippen LogP contribution in [0.15, 0.2) is 40.9 Å². The predicted octanol–water partition coefficient (Wildman–Crippen LogP) is 5.16. The smallest absolute Gasteiger partial charge is 0.259 e. The number of thiophene rings is 1. The minimum absolute atomic E-state index is 0.0600. The molecule has 8 heteroatoms. The number of pyridine rings is 1. The van der Waals surface area contributed by atoms with Crippen molar-refractivity contribution < 1.29 is 14.1 Å². The van der Waals surface area contributed by atoms with Crippen LogP contribution in [0.2, 0.25) is 0 Å².